The highest BCUT2D eigenvalue weighted by atomic mass is 35.5. The Bertz CT molecular complexity index is 656. The Hall–Kier alpha value is -1.66. The predicted molar refractivity (Wildman–Crippen MR) is 71.1 cm³/mol. The molecule has 0 saturated heterocycles. The van der Waals surface area contributed by atoms with Gasteiger partial charge < -0.3 is 10.1 Å². The zero-order valence-electron chi connectivity index (χ0n) is 9.83. The van der Waals surface area contributed by atoms with Crippen molar-refractivity contribution in [2.45, 2.75) is 0 Å². The van der Waals surface area contributed by atoms with E-state index in [4.69, 9.17) is 11.6 Å². The minimum absolute atomic E-state index is 0.242. The van der Waals surface area contributed by atoms with Crippen molar-refractivity contribution in [2.75, 3.05) is 13.7 Å². The molecule has 4 nitrogen and oxygen atoms in total. The molecular formula is C12H9ClFNO3S. The van der Waals surface area contributed by atoms with Crippen LogP contribution in [0.1, 0.15) is 9.67 Å². The zero-order chi connectivity index (χ0) is 14.0. The summed E-state index contributed by atoms with van der Waals surface area (Å²) >= 11 is 7.13. The van der Waals surface area contributed by atoms with Crippen LogP contribution in [0.5, 0.6) is 0 Å². The summed E-state index contributed by atoms with van der Waals surface area (Å²) in [6, 6.07) is 4.10. The van der Waals surface area contributed by atoms with E-state index in [2.05, 4.69) is 10.1 Å². The molecule has 2 aromatic rings. The van der Waals surface area contributed by atoms with E-state index in [0.29, 0.717) is 10.1 Å². The zero-order valence-corrected chi connectivity index (χ0v) is 11.4. The van der Waals surface area contributed by atoms with E-state index in [9.17, 15) is 14.0 Å². The molecule has 0 saturated carbocycles. The average molecular weight is 302 g/mol. The van der Waals surface area contributed by atoms with E-state index in [1.807, 2.05) is 0 Å². The van der Waals surface area contributed by atoms with Crippen LogP contribution in [0.15, 0.2) is 18.2 Å². The number of halogens is 2. The molecule has 100 valence electrons. The van der Waals surface area contributed by atoms with Gasteiger partial charge in [-0.25, -0.2) is 4.39 Å². The number of benzene rings is 1. The van der Waals surface area contributed by atoms with Crippen molar-refractivity contribution in [3.63, 3.8) is 0 Å². The molecule has 1 heterocycles. The maximum Gasteiger partial charge on any atom is 0.325 e. The fourth-order valence-electron chi connectivity index (χ4n) is 1.49. The van der Waals surface area contributed by atoms with Gasteiger partial charge in [-0.1, -0.05) is 11.6 Å². The Morgan fingerprint density at radius 1 is 1.47 bits per heavy atom. The molecule has 0 bridgehead atoms. The summed E-state index contributed by atoms with van der Waals surface area (Å²) < 4.78 is 18.1. The Kier molecular flexibility index (Phi) is 4.01. The first-order valence-electron chi connectivity index (χ1n) is 5.25. The second kappa shape index (κ2) is 5.54. The van der Waals surface area contributed by atoms with E-state index in [-0.39, 0.29) is 16.4 Å². The van der Waals surface area contributed by atoms with Crippen LogP contribution < -0.4 is 5.32 Å². The van der Waals surface area contributed by atoms with E-state index in [0.717, 1.165) is 11.3 Å². The monoisotopic (exact) mass is 301 g/mol. The standard InChI is InChI=1S/C12H9ClFNO3S/c1-18-9(16)5-15-12(17)11-10(13)7-3-2-6(14)4-8(7)19-11/h2-4H,5H2,1H3,(H,15,17). The maximum absolute atomic E-state index is 13.1. The van der Waals surface area contributed by atoms with Crippen molar-refractivity contribution in [2.24, 2.45) is 0 Å². The number of thiophene rings is 1. The third-order valence-corrected chi connectivity index (χ3v) is 4.07. The number of esters is 1. The summed E-state index contributed by atoms with van der Waals surface area (Å²) in [4.78, 5) is 23.0. The van der Waals surface area contributed by atoms with Crippen LogP contribution in [-0.4, -0.2) is 25.5 Å². The molecule has 1 amide bonds. The van der Waals surface area contributed by atoms with E-state index in [1.54, 1.807) is 0 Å². The number of fused-ring (bicyclic) bond motifs is 1. The summed E-state index contributed by atoms with van der Waals surface area (Å²) in [5, 5.41) is 3.24. The molecule has 0 aliphatic rings. The normalized spacial score (nSPS) is 10.5. The van der Waals surface area contributed by atoms with Crippen LogP contribution in [0.25, 0.3) is 10.1 Å². The Morgan fingerprint density at radius 3 is 2.89 bits per heavy atom. The maximum atomic E-state index is 13.1. The molecule has 7 heteroatoms. The number of rotatable bonds is 3. The van der Waals surface area contributed by atoms with Gasteiger partial charge in [-0.3, -0.25) is 9.59 Å². The third kappa shape index (κ3) is 2.85. The molecule has 0 unspecified atom stereocenters. The largest absolute Gasteiger partial charge is 0.468 e. The molecule has 2 rings (SSSR count). The molecule has 0 atom stereocenters. The Labute approximate surface area is 117 Å². The lowest BCUT2D eigenvalue weighted by Crippen LogP contribution is -2.29. The van der Waals surface area contributed by atoms with Crippen LogP contribution in [0.3, 0.4) is 0 Å². The molecule has 19 heavy (non-hydrogen) atoms. The van der Waals surface area contributed by atoms with Gasteiger partial charge in [0.2, 0.25) is 0 Å². The lowest BCUT2D eigenvalue weighted by molar-refractivity contribution is -0.139. The van der Waals surface area contributed by atoms with Crippen molar-refractivity contribution in [3.05, 3.63) is 33.9 Å². The first-order valence-corrected chi connectivity index (χ1v) is 6.45. The lowest BCUT2D eigenvalue weighted by atomic mass is 10.2. The Morgan fingerprint density at radius 2 is 2.21 bits per heavy atom. The molecule has 0 radical (unpaired) electrons. The number of methoxy groups -OCH3 is 1. The predicted octanol–water partition coefficient (Wildman–Crippen LogP) is 2.60. The molecular weight excluding hydrogens is 293 g/mol. The van der Waals surface area contributed by atoms with E-state index in [1.165, 1.54) is 25.3 Å². The van der Waals surface area contributed by atoms with Gasteiger partial charge in [-0.15, -0.1) is 11.3 Å². The highest BCUT2D eigenvalue weighted by Crippen LogP contribution is 2.35. The van der Waals surface area contributed by atoms with Crippen molar-refractivity contribution >= 4 is 44.9 Å². The van der Waals surface area contributed by atoms with Crippen molar-refractivity contribution in [1.82, 2.24) is 5.32 Å². The fourth-order valence-corrected chi connectivity index (χ4v) is 2.95. The van der Waals surface area contributed by atoms with Gasteiger partial charge in [0.25, 0.3) is 5.91 Å². The highest BCUT2D eigenvalue weighted by Gasteiger charge is 2.18. The minimum Gasteiger partial charge on any atom is -0.468 e. The Balaban J connectivity index is 2.27. The summed E-state index contributed by atoms with van der Waals surface area (Å²) in [6.45, 7) is -0.242. The summed E-state index contributed by atoms with van der Waals surface area (Å²) in [7, 11) is 1.23. The van der Waals surface area contributed by atoms with Gasteiger partial charge in [0.1, 0.15) is 17.2 Å². The highest BCUT2D eigenvalue weighted by molar-refractivity contribution is 7.21. The molecule has 1 aromatic heterocycles. The second-order valence-electron chi connectivity index (χ2n) is 3.64. The lowest BCUT2D eigenvalue weighted by Gasteiger charge is -2.01. The smallest absolute Gasteiger partial charge is 0.325 e. The quantitative estimate of drug-likeness (QED) is 0.887. The number of amides is 1. The van der Waals surface area contributed by atoms with E-state index < -0.39 is 17.7 Å². The van der Waals surface area contributed by atoms with Gasteiger partial charge in [0.15, 0.2) is 0 Å². The second-order valence-corrected chi connectivity index (χ2v) is 5.07. The number of nitrogens with one attached hydrogen (secondary N) is 1. The molecule has 0 spiro atoms. The van der Waals surface area contributed by atoms with Crippen LogP contribution in [-0.2, 0) is 9.53 Å². The summed E-state index contributed by atoms with van der Waals surface area (Å²) in [6.07, 6.45) is 0. The van der Waals surface area contributed by atoms with Crippen LogP contribution in [0.4, 0.5) is 4.39 Å². The van der Waals surface area contributed by atoms with Crippen LogP contribution in [0, 0.1) is 5.82 Å². The number of ether oxygens (including phenoxy) is 1. The number of hydrogen-bond donors (Lipinski definition) is 1. The first-order chi connectivity index (χ1) is 9.02. The number of carbonyl (C=O) groups excluding carboxylic acids is 2. The topological polar surface area (TPSA) is 55.4 Å². The van der Waals surface area contributed by atoms with E-state index >= 15 is 0 Å². The van der Waals surface area contributed by atoms with Gasteiger partial charge in [0.05, 0.1) is 12.1 Å². The summed E-state index contributed by atoms with van der Waals surface area (Å²) in [5.41, 5.74) is 0. The van der Waals surface area contributed by atoms with Crippen LogP contribution >= 0.6 is 22.9 Å². The van der Waals surface area contributed by atoms with Crippen molar-refractivity contribution < 1.29 is 18.7 Å². The van der Waals surface area contributed by atoms with Gasteiger partial charge in [-0.05, 0) is 18.2 Å². The number of carbonyl (C=O) groups is 2. The fraction of sp³-hybridized carbons (Fsp3) is 0.167. The van der Waals surface area contributed by atoms with Crippen molar-refractivity contribution in [1.29, 1.82) is 0 Å². The third-order valence-electron chi connectivity index (χ3n) is 2.42. The average Bonchev–Trinajstić information content (AvgIpc) is 2.72. The van der Waals surface area contributed by atoms with Crippen LogP contribution in [0.2, 0.25) is 5.02 Å². The van der Waals surface area contributed by atoms with Gasteiger partial charge in [-0.2, -0.15) is 0 Å². The SMILES string of the molecule is COC(=O)CNC(=O)c1sc2cc(F)ccc2c1Cl. The minimum atomic E-state index is -0.559. The number of hydrogen-bond acceptors (Lipinski definition) is 4. The molecule has 1 aromatic carbocycles. The molecule has 1 N–H and O–H groups in total. The summed E-state index contributed by atoms with van der Waals surface area (Å²) in [5.74, 6) is -1.44. The van der Waals surface area contributed by atoms with Gasteiger partial charge >= 0.3 is 5.97 Å². The first kappa shape index (κ1) is 13.8. The molecule has 0 fully saturated rings. The van der Waals surface area contributed by atoms with Crippen molar-refractivity contribution in [3.8, 4) is 0 Å². The van der Waals surface area contributed by atoms with Gasteiger partial charge in [0, 0.05) is 10.1 Å². The molecule has 0 aliphatic heterocycles. The molecule has 0 aliphatic carbocycles.